The molecule has 1 aromatic heterocycles. The van der Waals surface area contributed by atoms with Gasteiger partial charge in [0.1, 0.15) is 23.2 Å². The molecule has 0 atom stereocenters. The molecule has 7 nitrogen and oxygen atoms in total. The zero-order valence-electron chi connectivity index (χ0n) is 15.1. The molecule has 0 spiro atoms. The van der Waals surface area contributed by atoms with Gasteiger partial charge in [0.15, 0.2) is 0 Å². The number of halogens is 2. The molecular weight excluding hydrogens is 449 g/mol. The molecule has 1 heterocycles. The third-order valence-corrected chi connectivity index (χ3v) is 5.59. The van der Waals surface area contributed by atoms with Gasteiger partial charge >= 0.3 is 0 Å². The highest BCUT2D eigenvalue weighted by Gasteiger charge is 2.13. The lowest BCUT2D eigenvalue weighted by Gasteiger charge is -2.05. The summed E-state index contributed by atoms with van der Waals surface area (Å²) < 4.78 is 28.3. The lowest BCUT2D eigenvalue weighted by atomic mass is 10.2. The van der Waals surface area contributed by atoms with Gasteiger partial charge in [0, 0.05) is 17.3 Å². The Bertz CT molecular complexity index is 1290. The maximum atomic E-state index is 12.4. The number of primary sulfonamides is 1. The summed E-state index contributed by atoms with van der Waals surface area (Å²) in [4.78, 5) is 12.3. The number of carbonyl (C=O) groups excluding carboxylic acids is 1. The summed E-state index contributed by atoms with van der Waals surface area (Å²) in [6.07, 6.45) is 1.29. The van der Waals surface area contributed by atoms with Crippen molar-refractivity contribution in [3.8, 4) is 17.4 Å². The van der Waals surface area contributed by atoms with Crippen LogP contribution in [0.2, 0.25) is 10.0 Å². The Morgan fingerprint density at radius 2 is 1.77 bits per heavy atom. The first-order valence-electron chi connectivity index (χ1n) is 8.28. The Hall–Kier alpha value is -3.09. The van der Waals surface area contributed by atoms with Gasteiger partial charge in [0.25, 0.3) is 5.91 Å². The molecule has 3 rings (SSSR count). The van der Waals surface area contributed by atoms with Gasteiger partial charge in [0.05, 0.1) is 14.9 Å². The van der Waals surface area contributed by atoms with E-state index in [1.807, 2.05) is 6.07 Å². The standard InChI is InChI=1S/C20H13Cl2N3O4S/c21-17-7-3-14(10-18(17)22)25-20(26)13(11-23)9-15-4-8-19(29-15)12-1-5-16(6-2-12)30(24,27)28/h1-10H,(H,25,26)(H2,24,27,28)/b13-9+. The molecule has 1 amide bonds. The molecule has 30 heavy (non-hydrogen) atoms. The Morgan fingerprint density at radius 1 is 1.07 bits per heavy atom. The van der Waals surface area contributed by atoms with Crippen LogP contribution in [0, 0.1) is 11.3 Å². The lowest BCUT2D eigenvalue weighted by molar-refractivity contribution is -0.112. The highest BCUT2D eigenvalue weighted by Crippen LogP contribution is 2.26. The van der Waals surface area contributed by atoms with Crippen LogP contribution in [0.3, 0.4) is 0 Å². The van der Waals surface area contributed by atoms with Crippen molar-refractivity contribution in [3.63, 3.8) is 0 Å². The molecule has 0 unspecified atom stereocenters. The first-order chi connectivity index (χ1) is 14.2. The summed E-state index contributed by atoms with van der Waals surface area (Å²) >= 11 is 11.8. The third-order valence-electron chi connectivity index (χ3n) is 3.92. The second-order valence-electron chi connectivity index (χ2n) is 6.02. The fourth-order valence-electron chi connectivity index (χ4n) is 2.46. The second kappa shape index (κ2) is 8.73. The van der Waals surface area contributed by atoms with E-state index in [-0.39, 0.29) is 21.3 Å². The average molecular weight is 462 g/mol. The summed E-state index contributed by atoms with van der Waals surface area (Å²) in [5, 5.41) is 17.6. The number of carbonyl (C=O) groups is 1. The quantitative estimate of drug-likeness (QED) is 0.428. The Kier molecular flexibility index (Phi) is 6.29. The van der Waals surface area contributed by atoms with E-state index in [0.717, 1.165) is 0 Å². The lowest BCUT2D eigenvalue weighted by Crippen LogP contribution is -2.13. The Balaban J connectivity index is 1.80. The van der Waals surface area contributed by atoms with Crippen molar-refractivity contribution in [2.45, 2.75) is 4.90 Å². The summed E-state index contributed by atoms with van der Waals surface area (Å²) in [6, 6.07) is 15.3. The van der Waals surface area contributed by atoms with Crippen LogP contribution < -0.4 is 10.5 Å². The number of anilines is 1. The number of rotatable bonds is 5. The average Bonchev–Trinajstić information content (AvgIpc) is 3.17. The number of nitriles is 1. The van der Waals surface area contributed by atoms with E-state index in [2.05, 4.69) is 5.32 Å². The molecule has 3 aromatic rings. The number of amides is 1. The molecular formula is C20H13Cl2N3O4S. The minimum atomic E-state index is -3.79. The summed E-state index contributed by atoms with van der Waals surface area (Å²) in [5.41, 5.74) is 0.790. The van der Waals surface area contributed by atoms with Crippen molar-refractivity contribution >= 4 is 50.9 Å². The normalized spacial score (nSPS) is 11.7. The van der Waals surface area contributed by atoms with Gasteiger partial charge in [-0.15, -0.1) is 0 Å². The van der Waals surface area contributed by atoms with Crippen LogP contribution in [0.25, 0.3) is 17.4 Å². The number of nitrogens with zero attached hydrogens (tertiary/aromatic N) is 1. The minimum Gasteiger partial charge on any atom is -0.457 e. The van der Waals surface area contributed by atoms with Gasteiger partial charge in [-0.1, -0.05) is 23.2 Å². The summed E-state index contributed by atoms with van der Waals surface area (Å²) in [7, 11) is -3.79. The van der Waals surface area contributed by atoms with Gasteiger partial charge < -0.3 is 9.73 Å². The first kappa shape index (κ1) is 21.6. The Labute approximate surface area is 182 Å². The van der Waals surface area contributed by atoms with Crippen LogP contribution in [0.4, 0.5) is 5.69 Å². The zero-order valence-corrected chi connectivity index (χ0v) is 17.4. The number of furan rings is 1. The van der Waals surface area contributed by atoms with E-state index < -0.39 is 15.9 Å². The van der Waals surface area contributed by atoms with Gasteiger partial charge in [-0.25, -0.2) is 13.6 Å². The molecule has 0 bridgehead atoms. The molecule has 0 radical (unpaired) electrons. The number of nitrogens with one attached hydrogen (secondary N) is 1. The molecule has 0 fully saturated rings. The number of hydrogen-bond acceptors (Lipinski definition) is 5. The van der Waals surface area contributed by atoms with Crippen LogP contribution in [-0.2, 0) is 14.8 Å². The van der Waals surface area contributed by atoms with E-state index in [9.17, 15) is 18.5 Å². The smallest absolute Gasteiger partial charge is 0.266 e. The molecule has 3 N–H and O–H groups in total. The maximum Gasteiger partial charge on any atom is 0.266 e. The molecule has 10 heteroatoms. The van der Waals surface area contributed by atoms with Crippen LogP contribution in [0.1, 0.15) is 5.76 Å². The monoisotopic (exact) mass is 461 g/mol. The number of benzene rings is 2. The fourth-order valence-corrected chi connectivity index (χ4v) is 3.27. The first-order valence-corrected chi connectivity index (χ1v) is 10.6. The highest BCUT2D eigenvalue weighted by molar-refractivity contribution is 7.89. The van der Waals surface area contributed by atoms with Crippen molar-refractivity contribution < 1.29 is 17.6 Å². The minimum absolute atomic E-state index is 0.0244. The zero-order chi connectivity index (χ0) is 21.9. The SMILES string of the molecule is N#C/C(=C\c1ccc(-c2ccc(S(N)(=O)=O)cc2)o1)C(=O)Nc1ccc(Cl)c(Cl)c1. The van der Waals surface area contributed by atoms with Crippen molar-refractivity contribution in [2.24, 2.45) is 5.14 Å². The van der Waals surface area contributed by atoms with Crippen molar-refractivity contribution in [1.82, 2.24) is 0 Å². The third kappa shape index (κ3) is 5.09. The number of nitrogens with two attached hydrogens (primary N) is 1. The molecule has 0 aliphatic heterocycles. The molecule has 0 saturated heterocycles. The number of hydrogen-bond donors (Lipinski definition) is 2. The largest absolute Gasteiger partial charge is 0.457 e. The van der Waals surface area contributed by atoms with Crippen molar-refractivity contribution in [2.75, 3.05) is 5.32 Å². The van der Waals surface area contributed by atoms with Gasteiger partial charge in [-0.3, -0.25) is 4.79 Å². The molecule has 0 aliphatic rings. The predicted octanol–water partition coefficient (Wildman–Crippen LogP) is 4.45. The summed E-state index contributed by atoms with van der Waals surface area (Å²) in [6.45, 7) is 0. The predicted molar refractivity (Wildman–Crippen MR) is 114 cm³/mol. The van der Waals surface area contributed by atoms with Gasteiger partial charge in [0.2, 0.25) is 10.0 Å². The number of sulfonamides is 1. The molecule has 0 aliphatic carbocycles. The van der Waals surface area contributed by atoms with Gasteiger partial charge in [-0.05, 0) is 54.6 Å². The summed E-state index contributed by atoms with van der Waals surface area (Å²) in [5.74, 6) is 0.0390. The second-order valence-corrected chi connectivity index (χ2v) is 8.40. The van der Waals surface area contributed by atoms with Crippen LogP contribution >= 0.6 is 23.2 Å². The van der Waals surface area contributed by atoms with E-state index >= 15 is 0 Å². The van der Waals surface area contributed by atoms with Crippen molar-refractivity contribution in [3.05, 3.63) is 76.0 Å². The van der Waals surface area contributed by atoms with E-state index in [4.69, 9.17) is 32.8 Å². The Morgan fingerprint density at radius 3 is 2.37 bits per heavy atom. The van der Waals surface area contributed by atoms with E-state index in [1.54, 1.807) is 18.2 Å². The topological polar surface area (TPSA) is 126 Å². The van der Waals surface area contributed by atoms with Crippen molar-refractivity contribution in [1.29, 1.82) is 5.26 Å². The highest BCUT2D eigenvalue weighted by atomic mass is 35.5. The van der Waals surface area contributed by atoms with Crippen LogP contribution in [-0.4, -0.2) is 14.3 Å². The fraction of sp³-hybridized carbons (Fsp3) is 0. The molecule has 0 saturated carbocycles. The van der Waals surface area contributed by atoms with E-state index in [0.29, 0.717) is 22.0 Å². The molecule has 2 aromatic carbocycles. The maximum absolute atomic E-state index is 12.4. The molecule has 152 valence electrons. The van der Waals surface area contributed by atoms with E-state index in [1.165, 1.54) is 42.5 Å². The van der Waals surface area contributed by atoms with Crippen LogP contribution in [0.15, 0.2) is 69.5 Å². The van der Waals surface area contributed by atoms with Gasteiger partial charge in [-0.2, -0.15) is 5.26 Å². The van der Waals surface area contributed by atoms with Crippen LogP contribution in [0.5, 0.6) is 0 Å².